The van der Waals surface area contributed by atoms with Crippen molar-refractivity contribution in [1.29, 1.82) is 0 Å². The molecule has 4 heteroatoms. The molecule has 0 aliphatic carbocycles. The van der Waals surface area contributed by atoms with Gasteiger partial charge in [0.15, 0.2) is 0 Å². The van der Waals surface area contributed by atoms with Gasteiger partial charge in [0.25, 0.3) is 0 Å². The first kappa shape index (κ1) is 17.4. The second-order valence-electron chi connectivity index (χ2n) is 5.69. The quantitative estimate of drug-likeness (QED) is 0.632. The van der Waals surface area contributed by atoms with Crippen molar-refractivity contribution in [2.75, 3.05) is 11.9 Å². The van der Waals surface area contributed by atoms with E-state index in [2.05, 4.69) is 50.8 Å². The van der Waals surface area contributed by atoms with Gasteiger partial charge in [-0.05, 0) is 35.4 Å². The van der Waals surface area contributed by atoms with E-state index in [1.807, 2.05) is 60.7 Å². The van der Waals surface area contributed by atoms with E-state index in [1.165, 1.54) is 0 Å². The molecule has 0 saturated heterocycles. The molecule has 3 rings (SSSR count). The molecule has 3 aromatic carbocycles. The molecule has 3 nitrogen and oxygen atoms in total. The maximum absolute atomic E-state index is 12.3. The number of carbonyl (C=O) groups is 1. The lowest BCUT2D eigenvalue weighted by Crippen LogP contribution is -2.31. The van der Waals surface area contributed by atoms with Crippen molar-refractivity contribution in [3.05, 3.63) is 101 Å². The van der Waals surface area contributed by atoms with E-state index in [1.54, 1.807) is 0 Å². The van der Waals surface area contributed by atoms with E-state index in [0.29, 0.717) is 0 Å². The Balaban J connectivity index is 1.68. The molecule has 0 saturated carbocycles. The second-order valence-corrected chi connectivity index (χ2v) is 6.61. The highest BCUT2D eigenvalue weighted by Gasteiger charge is 2.14. The highest BCUT2D eigenvalue weighted by atomic mass is 79.9. The third kappa shape index (κ3) is 5.02. The average Bonchev–Trinajstić information content (AvgIpc) is 2.66. The fourth-order valence-electron chi connectivity index (χ4n) is 2.65. The Bertz CT molecular complexity index is 765. The standard InChI is InChI=1S/C21H19BrN2O/c22-18-11-13-19(14-12-18)24-20(25)15-23-21(16-7-3-1-4-8-16)17-9-5-2-6-10-17/h1-14,21,23H,15H2,(H,24,25). The van der Waals surface area contributed by atoms with E-state index in [9.17, 15) is 4.79 Å². The van der Waals surface area contributed by atoms with Crippen molar-refractivity contribution >= 4 is 27.5 Å². The highest BCUT2D eigenvalue weighted by molar-refractivity contribution is 9.10. The first-order valence-corrected chi connectivity index (χ1v) is 8.90. The molecular formula is C21H19BrN2O. The van der Waals surface area contributed by atoms with E-state index in [-0.39, 0.29) is 18.5 Å². The lowest BCUT2D eigenvalue weighted by Gasteiger charge is -2.19. The molecule has 0 heterocycles. The Morgan fingerprint density at radius 3 is 1.84 bits per heavy atom. The fraction of sp³-hybridized carbons (Fsp3) is 0.0952. The second kappa shape index (κ2) is 8.60. The third-order valence-electron chi connectivity index (χ3n) is 3.86. The summed E-state index contributed by atoms with van der Waals surface area (Å²) in [5, 5.41) is 6.27. The molecule has 25 heavy (non-hydrogen) atoms. The first-order valence-electron chi connectivity index (χ1n) is 8.11. The zero-order valence-electron chi connectivity index (χ0n) is 13.7. The number of nitrogens with one attached hydrogen (secondary N) is 2. The Morgan fingerprint density at radius 1 is 0.800 bits per heavy atom. The van der Waals surface area contributed by atoms with Gasteiger partial charge in [0.2, 0.25) is 5.91 Å². The zero-order chi connectivity index (χ0) is 17.5. The normalized spacial score (nSPS) is 10.6. The molecule has 0 bridgehead atoms. The Morgan fingerprint density at radius 2 is 1.32 bits per heavy atom. The predicted octanol–water partition coefficient (Wildman–Crippen LogP) is 4.77. The number of rotatable bonds is 6. The van der Waals surface area contributed by atoms with Crippen molar-refractivity contribution in [1.82, 2.24) is 5.32 Å². The minimum atomic E-state index is -0.0702. The van der Waals surface area contributed by atoms with Crippen LogP contribution in [-0.4, -0.2) is 12.5 Å². The van der Waals surface area contributed by atoms with Crippen LogP contribution in [0.4, 0.5) is 5.69 Å². The summed E-state index contributed by atoms with van der Waals surface area (Å²) in [6.45, 7) is 0.227. The van der Waals surface area contributed by atoms with Crippen molar-refractivity contribution < 1.29 is 4.79 Å². The van der Waals surface area contributed by atoms with Crippen LogP contribution >= 0.6 is 15.9 Å². The summed E-state index contributed by atoms with van der Waals surface area (Å²) in [4.78, 5) is 12.3. The van der Waals surface area contributed by atoms with E-state index < -0.39 is 0 Å². The van der Waals surface area contributed by atoms with E-state index in [0.717, 1.165) is 21.3 Å². The van der Waals surface area contributed by atoms with Crippen LogP contribution in [0.15, 0.2) is 89.4 Å². The van der Waals surface area contributed by atoms with Gasteiger partial charge >= 0.3 is 0 Å². The Kier molecular flexibility index (Phi) is 5.99. The minimum Gasteiger partial charge on any atom is -0.325 e. The van der Waals surface area contributed by atoms with Crippen molar-refractivity contribution in [3.8, 4) is 0 Å². The Hall–Kier alpha value is -2.43. The number of carbonyl (C=O) groups excluding carboxylic acids is 1. The fourth-order valence-corrected chi connectivity index (χ4v) is 2.92. The Labute approximate surface area is 156 Å². The van der Waals surface area contributed by atoms with Crippen LogP contribution in [-0.2, 0) is 4.79 Å². The van der Waals surface area contributed by atoms with Crippen LogP contribution in [0.5, 0.6) is 0 Å². The topological polar surface area (TPSA) is 41.1 Å². The SMILES string of the molecule is O=C(CNC(c1ccccc1)c1ccccc1)Nc1ccc(Br)cc1. The monoisotopic (exact) mass is 394 g/mol. The van der Waals surface area contributed by atoms with Crippen LogP contribution in [0, 0.1) is 0 Å². The van der Waals surface area contributed by atoms with Gasteiger partial charge < -0.3 is 5.32 Å². The molecule has 0 radical (unpaired) electrons. The molecule has 0 atom stereocenters. The summed E-state index contributed by atoms with van der Waals surface area (Å²) >= 11 is 3.39. The molecule has 0 aromatic heterocycles. The van der Waals surface area contributed by atoms with Gasteiger partial charge in [-0.1, -0.05) is 76.6 Å². The third-order valence-corrected chi connectivity index (χ3v) is 4.39. The predicted molar refractivity (Wildman–Crippen MR) is 106 cm³/mol. The summed E-state index contributed by atoms with van der Waals surface area (Å²) in [6.07, 6.45) is 0. The van der Waals surface area contributed by atoms with Crippen LogP contribution in [0.25, 0.3) is 0 Å². The largest absolute Gasteiger partial charge is 0.325 e. The zero-order valence-corrected chi connectivity index (χ0v) is 15.2. The average molecular weight is 395 g/mol. The maximum Gasteiger partial charge on any atom is 0.238 e. The van der Waals surface area contributed by atoms with Gasteiger partial charge in [0, 0.05) is 10.2 Å². The number of halogens is 1. The van der Waals surface area contributed by atoms with E-state index >= 15 is 0 Å². The van der Waals surface area contributed by atoms with Gasteiger partial charge in [-0.3, -0.25) is 10.1 Å². The number of benzene rings is 3. The van der Waals surface area contributed by atoms with E-state index in [4.69, 9.17) is 0 Å². The lowest BCUT2D eigenvalue weighted by molar-refractivity contribution is -0.115. The van der Waals surface area contributed by atoms with Crippen LogP contribution in [0.3, 0.4) is 0 Å². The lowest BCUT2D eigenvalue weighted by atomic mass is 9.99. The molecule has 0 aliphatic heterocycles. The van der Waals surface area contributed by atoms with Crippen LogP contribution in [0.2, 0.25) is 0 Å². The summed E-state index contributed by atoms with van der Waals surface area (Å²) in [5.74, 6) is -0.0702. The summed E-state index contributed by atoms with van der Waals surface area (Å²) in [6, 6.07) is 27.8. The summed E-state index contributed by atoms with van der Waals surface area (Å²) < 4.78 is 0.983. The molecular weight excluding hydrogens is 376 g/mol. The molecule has 0 unspecified atom stereocenters. The molecule has 0 fully saturated rings. The van der Waals surface area contributed by atoms with Crippen LogP contribution in [0.1, 0.15) is 17.2 Å². The number of hydrogen-bond acceptors (Lipinski definition) is 2. The molecule has 1 amide bonds. The van der Waals surface area contributed by atoms with Crippen molar-refractivity contribution in [2.45, 2.75) is 6.04 Å². The number of hydrogen-bond donors (Lipinski definition) is 2. The number of anilines is 1. The molecule has 126 valence electrons. The molecule has 2 N–H and O–H groups in total. The highest BCUT2D eigenvalue weighted by Crippen LogP contribution is 2.21. The van der Waals surface area contributed by atoms with Crippen LogP contribution < -0.4 is 10.6 Å². The van der Waals surface area contributed by atoms with Gasteiger partial charge in [0.05, 0.1) is 12.6 Å². The molecule has 0 aliphatic rings. The minimum absolute atomic E-state index is 0.0296. The molecule has 0 spiro atoms. The summed E-state index contributed by atoms with van der Waals surface area (Å²) in [7, 11) is 0. The van der Waals surface area contributed by atoms with Gasteiger partial charge in [-0.25, -0.2) is 0 Å². The van der Waals surface area contributed by atoms with Crippen molar-refractivity contribution in [2.24, 2.45) is 0 Å². The smallest absolute Gasteiger partial charge is 0.238 e. The summed E-state index contributed by atoms with van der Waals surface area (Å²) in [5.41, 5.74) is 3.04. The number of amides is 1. The first-order chi connectivity index (χ1) is 12.2. The maximum atomic E-state index is 12.3. The van der Waals surface area contributed by atoms with Gasteiger partial charge in [0.1, 0.15) is 0 Å². The van der Waals surface area contributed by atoms with Crippen molar-refractivity contribution in [3.63, 3.8) is 0 Å². The van der Waals surface area contributed by atoms with Gasteiger partial charge in [-0.2, -0.15) is 0 Å². The molecule has 3 aromatic rings. The van der Waals surface area contributed by atoms with Gasteiger partial charge in [-0.15, -0.1) is 0 Å².